The van der Waals surface area contributed by atoms with E-state index in [1.54, 1.807) is 14.2 Å². The van der Waals surface area contributed by atoms with Crippen LogP contribution < -0.4 is 10.1 Å². The van der Waals surface area contributed by atoms with E-state index < -0.39 is 0 Å². The molecule has 2 unspecified atom stereocenters. The van der Waals surface area contributed by atoms with Gasteiger partial charge < -0.3 is 14.8 Å². The van der Waals surface area contributed by atoms with Crippen LogP contribution in [-0.2, 0) is 11.2 Å². The van der Waals surface area contributed by atoms with Crippen LogP contribution >= 0.6 is 15.9 Å². The molecule has 0 amide bonds. The summed E-state index contributed by atoms with van der Waals surface area (Å²) in [4.78, 5) is 0. The standard InChI is InChI=1S/C15H24BrNO2/c1-5-14(18-3)13(17-6-2)10-11-9-12(16)7-8-15(11)19-4/h7-9,13-14,17H,5-6,10H2,1-4H3. The molecule has 4 heteroatoms. The van der Waals surface area contributed by atoms with E-state index in [2.05, 4.69) is 41.2 Å². The van der Waals surface area contributed by atoms with Gasteiger partial charge in [0.05, 0.1) is 13.2 Å². The minimum absolute atomic E-state index is 0.212. The van der Waals surface area contributed by atoms with Crippen molar-refractivity contribution in [3.8, 4) is 5.75 Å². The van der Waals surface area contributed by atoms with E-state index in [9.17, 15) is 0 Å². The molecule has 0 aliphatic rings. The lowest BCUT2D eigenvalue weighted by atomic mass is 9.99. The van der Waals surface area contributed by atoms with Crippen LogP contribution in [0.1, 0.15) is 25.8 Å². The van der Waals surface area contributed by atoms with Gasteiger partial charge >= 0.3 is 0 Å². The second-order valence-electron chi connectivity index (χ2n) is 4.51. The molecule has 1 aromatic carbocycles. The lowest BCUT2D eigenvalue weighted by Crippen LogP contribution is -2.42. The van der Waals surface area contributed by atoms with E-state index in [0.29, 0.717) is 6.04 Å². The number of methoxy groups -OCH3 is 2. The van der Waals surface area contributed by atoms with E-state index in [-0.39, 0.29) is 6.10 Å². The largest absolute Gasteiger partial charge is 0.496 e. The van der Waals surface area contributed by atoms with Crippen molar-refractivity contribution in [2.24, 2.45) is 0 Å². The molecule has 1 N–H and O–H groups in total. The van der Waals surface area contributed by atoms with Crippen molar-refractivity contribution in [1.29, 1.82) is 0 Å². The second kappa shape index (κ2) is 8.56. The summed E-state index contributed by atoms with van der Waals surface area (Å²) in [5.74, 6) is 0.928. The van der Waals surface area contributed by atoms with Crippen molar-refractivity contribution < 1.29 is 9.47 Å². The third-order valence-corrected chi connectivity index (χ3v) is 3.80. The molecule has 1 rings (SSSR count). The Morgan fingerprint density at radius 1 is 1.26 bits per heavy atom. The molecule has 108 valence electrons. The zero-order chi connectivity index (χ0) is 14.3. The Labute approximate surface area is 124 Å². The number of benzene rings is 1. The molecule has 0 saturated heterocycles. The first-order valence-corrected chi connectivity index (χ1v) is 7.54. The first-order valence-electron chi connectivity index (χ1n) is 6.74. The molecule has 0 bridgehead atoms. The Morgan fingerprint density at radius 3 is 2.53 bits per heavy atom. The van der Waals surface area contributed by atoms with E-state index in [1.165, 1.54) is 5.56 Å². The number of halogens is 1. The van der Waals surface area contributed by atoms with Gasteiger partial charge in [-0.2, -0.15) is 0 Å². The predicted octanol–water partition coefficient (Wildman–Crippen LogP) is 3.40. The maximum Gasteiger partial charge on any atom is 0.122 e. The summed E-state index contributed by atoms with van der Waals surface area (Å²) >= 11 is 3.52. The Hall–Kier alpha value is -0.580. The van der Waals surface area contributed by atoms with Crippen LogP contribution in [0.2, 0.25) is 0 Å². The van der Waals surface area contributed by atoms with Gasteiger partial charge in [-0.1, -0.05) is 29.8 Å². The average Bonchev–Trinajstić information content (AvgIpc) is 2.40. The Bertz CT molecular complexity index is 380. The van der Waals surface area contributed by atoms with Crippen molar-refractivity contribution >= 4 is 15.9 Å². The van der Waals surface area contributed by atoms with Gasteiger partial charge in [-0.25, -0.2) is 0 Å². The smallest absolute Gasteiger partial charge is 0.122 e. The lowest BCUT2D eigenvalue weighted by molar-refractivity contribution is 0.0657. The fourth-order valence-corrected chi connectivity index (χ4v) is 2.76. The summed E-state index contributed by atoms with van der Waals surface area (Å²) in [6.07, 6.45) is 2.09. The maximum absolute atomic E-state index is 5.58. The normalized spacial score (nSPS) is 14.2. The van der Waals surface area contributed by atoms with Crippen molar-refractivity contribution in [3.63, 3.8) is 0 Å². The second-order valence-corrected chi connectivity index (χ2v) is 5.42. The molecular weight excluding hydrogens is 306 g/mol. The van der Waals surface area contributed by atoms with Crippen molar-refractivity contribution in [2.75, 3.05) is 20.8 Å². The van der Waals surface area contributed by atoms with Gasteiger partial charge in [0.25, 0.3) is 0 Å². The van der Waals surface area contributed by atoms with Crippen LogP contribution in [0.3, 0.4) is 0 Å². The zero-order valence-corrected chi connectivity index (χ0v) is 13.8. The molecule has 0 spiro atoms. The van der Waals surface area contributed by atoms with Crippen LogP contribution in [0.15, 0.2) is 22.7 Å². The van der Waals surface area contributed by atoms with Gasteiger partial charge in [0.2, 0.25) is 0 Å². The molecule has 0 heterocycles. The van der Waals surface area contributed by atoms with E-state index in [4.69, 9.17) is 9.47 Å². The summed E-state index contributed by atoms with van der Waals surface area (Å²) in [5.41, 5.74) is 1.19. The monoisotopic (exact) mass is 329 g/mol. The van der Waals surface area contributed by atoms with Crippen molar-refractivity contribution in [3.05, 3.63) is 28.2 Å². The minimum atomic E-state index is 0.212. The average molecular weight is 330 g/mol. The van der Waals surface area contributed by atoms with Crippen LogP contribution in [0, 0.1) is 0 Å². The molecule has 0 fully saturated rings. The highest BCUT2D eigenvalue weighted by Crippen LogP contribution is 2.25. The summed E-state index contributed by atoms with van der Waals surface area (Å²) in [6, 6.07) is 6.41. The lowest BCUT2D eigenvalue weighted by Gasteiger charge is -2.26. The zero-order valence-electron chi connectivity index (χ0n) is 12.2. The Kier molecular flexibility index (Phi) is 7.42. The predicted molar refractivity (Wildman–Crippen MR) is 83.0 cm³/mol. The van der Waals surface area contributed by atoms with Crippen LogP contribution in [0.5, 0.6) is 5.75 Å². The number of likely N-dealkylation sites (N-methyl/N-ethyl adjacent to an activating group) is 1. The summed E-state index contributed by atoms with van der Waals surface area (Å²) in [7, 11) is 3.49. The van der Waals surface area contributed by atoms with Gasteiger partial charge in [-0.05, 0) is 43.1 Å². The number of hydrogen-bond acceptors (Lipinski definition) is 3. The molecule has 1 aromatic rings. The number of nitrogens with one attached hydrogen (secondary N) is 1. The van der Waals surface area contributed by atoms with Gasteiger partial charge in [-0.15, -0.1) is 0 Å². The quantitative estimate of drug-likeness (QED) is 0.792. The van der Waals surface area contributed by atoms with E-state index in [0.717, 1.165) is 29.6 Å². The van der Waals surface area contributed by atoms with Gasteiger partial charge in [-0.3, -0.25) is 0 Å². The minimum Gasteiger partial charge on any atom is -0.496 e. The third kappa shape index (κ3) is 4.79. The first kappa shape index (κ1) is 16.5. The topological polar surface area (TPSA) is 30.5 Å². The summed E-state index contributed by atoms with van der Waals surface area (Å²) in [6.45, 7) is 5.20. The van der Waals surface area contributed by atoms with Crippen LogP contribution in [0.25, 0.3) is 0 Å². The number of rotatable bonds is 8. The third-order valence-electron chi connectivity index (χ3n) is 3.30. The molecule has 0 saturated carbocycles. The maximum atomic E-state index is 5.58. The molecule has 0 aromatic heterocycles. The first-order chi connectivity index (χ1) is 9.15. The highest BCUT2D eigenvalue weighted by atomic mass is 79.9. The molecule has 2 atom stereocenters. The molecule has 0 aliphatic carbocycles. The summed E-state index contributed by atoms with van der Waals surface area (Å²) in [5, 5.41) is 3.51. The number of ether oxygens (including phenoxy) is 2. The Morgan fingerprint density at radius 2 is 2.00 bits per heavy atom. The Balaban J connectivity index is 2.91. The van der Waals surface area contributed by atoms with E-state index >= 15 is 0 Å². The molecule has 3 nitrogen and oxygen atoms in total. The van der Waals surface area contributed by atoms with Crippen molar-refractivity contribution in [1.82, 2.24) is 5.32 Å². The molecule has 0 aliphatic heterocycles. The molecular formula is C15H24BrNO2. The highest BCUT2D eigenvalue weighted by molar-refractivity contribution is 9.10. The van der Waals surface area contributed by atoms with Gasteiger partial charge in [0, 0.05) is 17.6 Å². The van der Waals surface area contributed by atoms with Crippen LogP contribution in [-0.4, -0.2) is 32.9 Å². The fraction of sp³-hybridized carbons (Fsp3) is 0.600. The molecule has 0 radical (unpaired) electrons. The summed E-state index contributed by atoms with van der Waals surface area (Å²) < 4.78 is 12.1. The molecule has 19 heavy (non-hydrogen) atoms. The number of hydrogen-bond donors (Lipinski definition) is 1. The fourth-order valence-electron chi connectivity index (χ4n) is 2.36. The van der Waals surface area contributed by atoms with E-state index in [1.807, 2.05) is 12.1 Å². The van der Waals surface area contributed by atoms with Gasteiger partial charge in [0.1, 0.15) is 5.75 Å². The highest BCUT2D eigenvalue weighted by Gasteiger charge is 2.20. The van der Waals surface area contributed by atoms with Gasteiger partial charge in [0.15, 0.2) is 0 Å². The van der Waals surface area contributed by atoms with Crippen LogP contribution in [0.4, 0.5) is 0 Å². The van der Waals surface area contributed by atoms with Crippen molar-refractivity contribution in [2.45, 2.75) is 38.8 Å². The SMILES string of the molecule is CCNC(Cc1cc(Br)ccc1OC)C(CC)OC.